The number of halogens is 1. The van der Waals surface area contributed by atoms with Crippen molar-refractivity contribution in [2.45, 2.75) is 13.8 Å². The smallest absolute Gasteiger partial charge is 0.255 e. The van der Waals surface area contributed by atoms with Gasteiger partial charge in [-0.05, 0) is 55.3 Å². The van der Waals surface area contributed by atoms with Crippen LogP contribution in [0.4, 0.5) is 15.8 Å². The van der Waals surface area contributed by atoms with Gasteiger partial charge < -0.3 is 15.8 Å². The van der Waals surface area contributed by atoms with Crippen molar-refractivity contribution >= 4 is 17.3 Å². The normalized spacial score (nSPS) is 10.3. The summed E-state index contributed by atoms with van der Waals surface area (Å²) in [7, 11) is 1.37. The van der Waals surface area contributed by atoms with Crippen molar-refractivity contribution < 1.29 is 13.9 Å². The van der Waals surface area contributed by atoms with Crippen molar-refractivity contribution in [3.63, 3.8) is 0 Å². The second-order valence-corrected chi connectivity index (χ2v) is 4.83. The van der Waals surface area contributed by atoms with Gasteiger partial charge in [0, 0.05) is 16.9 Å². The van der Waals surface area contributed by atoms with Gasteiger partial charge in [0.25, 0.3) is 5.91 Å². The van der Waals surface area contributed by atoms with Gasteiger partial charge in [0.15, 0.2) is 11.6 Å². The van der Waals surface area contributed by atoms with Gasteiger partial charge in [-0.25, -0.2) is 4.39 Å². The number of rotatable bonds is 3. The lowest BCUT2D eigenvalue weighted by atomic mass is 10.1. The molecule has 0 saturated carbocycles. The molecular formula is C16H17FN2O2. The maximum atomic E-state index is 13.6. The van der Waals surface area contributed by atoms with Crippen LogP contribution in [-0.2, 0) is 0 Å². The van der Waals surface area contributed by atoms with Gasteiger partial charge in [-0.15, -0.1) is 0 Å². The first kappa shape index (κ1) is 14.8. The Balaban J connectivity index is 2.28. The first-order valence-corrected chi connectivity index (χ1v) is 6.44. The number of carbonyl (C=O) groups is 1. The Hall–Kier alpha value is -2.56. The molecule has 2 aromatic rings. The molecule has 2 rings (SSSR count). The molecule has 0 bridgehead atoms. The predicted molar refractivity (Wildman–Crippen MR) is 81.2 cm³/mol. The molecule has 0 aliphatic carbocycles. The minimum atomic E-state index is -0.573. The SMILES string of the molecule is COc1ccc(C(=O)Nc2c(C)cc(N)cc2C)cc1F. The molecule has 110 valence electrons. The lowest BCUT2D eigenvalue weighted by Gasteiger charge is -2.13. The molecule has 3 N–H and O–H groups in total. The molecular weight excluding hydrogens is 271 g/mol. The molecule has 0 fully saturated rings. The molecule has 0 heterocycles. The number of hydrogen-bond donors (Lipinski definition) is 2. The molecule has 21 heavy (non-hydrogen) atoms. The monoisotopic (exact) mass is 288 g/mol. The Kier molecular flexibility index (Phi) is 4.12. The van der Waals surface area contributed by atoms with E-state index in [-0.39, 0.29) is 17.2 Å². The zero-order valence-electron chi connectivity index (χ0n) is 12.2. The summed E-state index contributed by atoms with van der Waals surface area (Å²) in [6, 6.07) is 7.64. The van der Waals surface area contributed by atoms with Gasteiger partial charge in [-0.1, -0.05) is 0 Å². The van der Waals surface area contributed by atoms with E-state index < -0.39 is 5.82 Å². The maximum Gasteiger partial charge on any atom is 0.255 e. The van der Waals surface area contributed by atoms with Gasteiger partial charge in [0.1, 0.15) is 0 Å². The Morgan fingerprint density at radius 3 is 2.33 bits per heavy atom. The molecule has 2 aromatic carbocycles. The van der Waals surface area contributed by atoms with E-state index in [0.717, 1.165) is 17.2 Å². The van der Waals surface area contributed by atoms with E-state index in [1.807, 2.05) is 13.8 Å². The van der Waals surface area contributed by atoms with Crippen LogP contribution in [0.3, 0.4) is 0 Å². The lowest BCUT2D eigenvalue weighted by molar-refractivity contribution is 0.102. The average molecular weight is 288 g/mol. The summed E-state index contributed by atoms with van der Waals surface area (Å²) >= 11 is 0. The average Bonchev–Trinajstić information content (AvgIpc) is 2.42. The summed E-state index contributed by atoms with van der Waals surface area (Å²) in [5.74, 6) is -0.852. The molecule has 0 saturated heterocycles. The molecule has 0 aliphatic heterocycles. The number of hydrogen-bond acceptors (Lipinski definition) is 3. The summed E-state index contributed by atoms with van der Waals surface area (Å²) in [4.78, 5) is 12.2. The number of carbonyl (C=O) groups excluding carboxylic acids is 1. The van der Waals surface area contributed by atoms with Crippen LogP contribution in [0.1, 0.15) is 21.5 Å². The number of ether oxygens (including phenoxy) is 1. The number of aryl methyl sites for hydroxylation is 2. The molecule has 0 aromatic heterocycles. The van der Waals surface area contributed by atoms with Gasteiger partial charge in [-0.3, -0.25) is 4.79 Å². The summed E-state index contributed by atoms with van der Waals surface area (Å²) in [5.41, 5.74) is 9.01. The van der Waals surface area contributed by atoms with Gasteiger partial charge in [0.05, 0.1) is 7.11 Å². The van der Waals surface area contributed by atoms with Crippen molar-refractivity contribution in [2.75, 3.05) is 18.2 Å². The largest absolute Gasteiger partial charge is 0.494 e. The van der Waals surface area contributed by atoms with Crippen molar-refractivity contribution in [2.24, 2.45) is 0 Å². The topological polar surface area (TPSA) is 64.3 Å². The summed E-state index contributed by atoms with van der Waals surface area (Å²) in [5, 5.41) is 2.78. The van der Waals surface area contributed by atoms with E-state index in [0.29, 0.717) is 11.4 Å². The van der Waals surface area contributed by atoms with E-state index in [1.165, 1.54) is 19.2 Å². The summed E-state index contributed by atoms with van der Waals surface area (Å²) < 4.78 is 18.5. The second kappa shape index (κ2) is 5.83. The van der Waals surface area contributed by atoms with Crippen LogP contribution >= 0.6 is 0 Å². The first-order valence-electron chi connectivity index (χ1n) is 6.44. The van der Waals surface area contributed by atoms with E-state index in [9.17, 15) is 9.18 Å². The number of nitrogens with two attached hydrogens (primary N) is 1. The van der Waals surface area contributed by atoms with Crippen LogP contribution in [0.5, 0.6) is 5.75 Å². The number of anilines is 2. The van der Waals surface area contributed by atoms with Crippen LogP contribution < -0.4 is 15.8 Å². The van der Waals surface area contributed by atoms with Crippen LogP contribution in [0.25, 0.3) is 0 Å². The first-order chi connectivity index (χ1) is 9.92. The number of nitrogens with one attached hydrogen (secondary N) is 1. The number of methoxy groups -OCH3 is 1. The van der Waals surface area contributed by atoms with Crippen LogP contribution in [0.15, 0.2) is 30.3 Å². The number of benzene rings is 2. The maximum absolute atomic E-state index is 13.6. The number of nitrogen functional groups attached to an aromatic ring is 1. The van der Waals surface area contributed by atoms with E-state index >= 15 is 0 Å². The molecule has 0 spiro atoms. The van der Waals surface area contributed by atoms with Crippen LogP contribution in [-0.4, -0.2) is 13.0 Å². The Bertz CT molecular complexity index is 676. The van der Waals surface area contributed by atoms with Gasteiger partial charge >= 0.3 is 0 Å². The molecule has 4 nitrogen and oxygen atoms in total. The van der Waals surface area contributed by atoms with E-state index in [2.05, 4.69) is 5.32 Å². The third kappa shape index (κ3) is 3.13. The van der Waals surface area contributed by atoms with E-state index in [4.69, 9.17) is 10.5 Å². The Labute approximate surface area is 122 Å². The van der Waals surface area contributed by atoms with Crippen molar-refractivity contribution in [1.82, 2.24) is 0 Å². The fourth-order valence-corrected chi connectivity index (χ4v) is 2.19. The summed E-state index contributed by atoms with van der Waals surface area (Å²) in [6.07, 6.45) is 0. The van der Waals surface area contributed by atoms with Crippen molar-refractivity contribution in [3.8, 4) is 5.75 Å². The predicted octanol–water partition coefficient (Wildman–Crippen LogP) is 3.29. The van der Waals surface area contributed by atoms with Crippen molar-refractivity contribution in [1.29, 1.82) is 0 Å². The molecule has 5 heteroatoms. The Morgan fingerprint density at radius 2 is 1.81 bits per heavy atom. The van der Waals surface area contributed by atoms with Gasteiger partial charge in [0.2, 0.25) is 0 Å². The molecule has 0 aliphatic rings. The number of amides is 1. The van der Waals surface area contributed by atoms with Crippen LogP contribution in [0.2, 0.25) is 0 Å². The zero-order chi connectivity index (χ0) is 15.6. The van der Waals surface area contributed by atoms with Crippen LogP contribution in [0, 0.1) is 19.7 Å². The highest BCUT2D eigenvalue weighted by molar-refractivity contribution is 6.05. The van der Waals surface area contributed by atoms with E-state index in [1.54, 1.807) is 12.1 Å². The molecule has 1 amide bonds. The fraction of sp³-hybridized carbons (Fsp3) is 0.188. The summed E-state index contributed by atoms with van der Waals surface area (Å²) in [6.45, 7) is 3.71. The lowest BCUT2D eigenvalue weighted by Crippen LogP contribution is -2.14. The Morgan fingerprint density at radius 1 is 1.19 bits per heavy atom. The minimum absolute atomic E-state index is 0.103. The van der Waals surface area contributed by atoms with Crippen molar-refractivity contribution in [3.05, 3.63) is 52.8 Å². The standard InChI is InChI=1S/C16H17FN2O2/c1-9-6-12(18)7-10(2)15(9)19-16(20)11-4-5-14(21-3)13(17)8-11/h4-8H,18H2,1-3H3,(H,19,20). The quantitative estimate of drug-likeness (QED) is 0.852. The highest BCUT2D eigenvalue weighted by Crippen LogP contribution is 2.24. The zero-order valence-corrected chi connectivity index (χ0v) is 12.2. The highest BCUT2D eigenvalue weighted by Gasteiger charge is 2.13. The third-order valence-corrected chi connectivity index (χ3v) is 3.21. The second-order valence-electron chi connectivity index (χ2n) is 4.83. The third-order valence-electron chi connectivity index (χ3n) is 3.21. The molecule has 0 atom stereocenters. The fourth-order valence-electron chi connectivity index (χ4n) is 2.19. The minimum Gasteiger partial charge on any atom is -0.494 e. The van der Waals surface area contributed by atoms with Gasteiger partial charge in [-0.2, -0.15) is 0 Å². The molecule has 0 unspecified atom stereocenters. The molecule has 0 radical (unpaired) electrons. The highest BCUT2D eigenvalue weighted by atomic mass is 19.1.